The highest BCUT2D eigenvalue weighted by Gasteiger charge is 2.38. The maximum absolute atomic E-state index is 12.3. The Morgan fingerprint density at radius 3 is 2.75 bits per heavy atom. The molecule has 0 atom stereocenters. The predicted molar refractivity (Wildman–Crippen MR) is 71.7 cm³/mol. The molecule has 0 aliphatic heterocycles. The van der Waals surface area contributed by atoms with E-state index >= 15 is 0 Å². The number of carbonyl (C=O) groups is 2. The SMILES string of the molecule is COc1ncccc1C(=O)NC1(CC(=O)O)CCCC1. The molecular weight excluding hydrogens is 260 g/mol. The molecule has 1 aromatic heterocycles. The fourth-order valence-corrected chi connectivity index (χ4v) is 2.72. The zero-order valence-electron chi connectivity index (χ0n) is 11.4. The van der Waals surface area contributed by atoms with E-state index in [9.17, 15) is 9.59 Å². The first kappa shape index (κ1) is 14.3. The lowest BCUT2D eigenvalue weighted by Gasteiger charge is -2.28. The second-order valence-electron chi connectivity index (χ2n) is 5.07. The van der Waals surface area contributed by atoms with Gasteiger partial charge in [0.1, 0.15) is 5.56 Å². The van der Waals surface area contributed by atoms with Gasteiger partial charge in [-0.05, 0) is 25.0 Å². The number of carboxylic acid groups (broad SMARTS) is 1. The van der Waals surface area contributed by atoms with Crippen molar-refractivity contribution in [1.29, 1.82) is 0 Å². The van der Waals surface area contributed by atoms with E-state index in [2.05, 4.69) is 10.3 Å². The number of nitrogens with one attached hydrogen (secondary N) is 1. The second kappa shape index (κ2) is 5.90. The molecule has 1 fully saturated rings. The molecule has 1 amide bonds. The second-order valence-corrected chi connectivity index (χ2v) is 5.07. The van der Waals surface area contributed by atoms with Crippen molar-refractivity contribution in [2.75, 3.05) is 7.11 Å². The van der Waals surface area contributed by atoms with E-state index in [4.69, 9.17) is 9.84 Å². The fourth-order valence-electron chi connectivity index (χ4n) is 2.72. The zero-order chi connectivity index (χ0) is 14.6. The topological polar surface area (TPSA) is 88.5 Å². The van der Waals surface area contributed by atoms with E-state index < -0.39 is 11.5 Å². The summed E-state index contributed by atoms with van der Waals surface area (Å²) in [4.78, 5) is 27.3. The Morgan fingerprint density at radius 1 is 1.45 bits per heavy atom. The molecule has 0 bridgehead atoms. The number of pyridine rings is 1. The van der Waals surface area contributed by atoms with Crippen molar-refractivity contribution in [2.24, 2.45) is 0 Å². The van der Waals surface area contributed by atoms with Gasteiger partial charge in [-0.25, -0.2) is 4.98 Å². The minimum Gasteiger partial charge on any atom is -0.481 e. The Hall–Kier alpha value is -2.11. The molecule has 6 nitrogen and oxygen atoms in total. The lowest BCUT2D eigenvalue weighted by molar-refractivity contribution is -0.138. The first-order valence-electron chi connectivity index (χ1n) is 6.60. The predicted octanol–water partition coefficient (Wildman–Crippen LogP) is 1.61. The molecule has 6 heteroatoms. The third kappa shape index (κ3) is 3.07. The van der Waals surface area contributed by atoms with Crippen LogP contribution in [0.1, 0.15) is 42.5 Å². The van der Waals surface area contributed by atoms with Crippen LogP contribution in [0.3, 0.4) is 0 Å². The summed E-state index contributed by atoms with van der Waals surface area (Å²) in [6.07, 6.45) is 4.72. The van der Waals surface area contributed by atoms with Crippen molar-refractivity contribution in [1.82, 2.24) is 10.3 Å². The third-order valence-electron chi connectivity index (χ3n) is 3.64. The van der Waals surface area contributed by atoms with Crippen molar-refractivity contribution in [3.63, 3.8) is 0 Å². The molecule has 0 unspecified atom stereocenters. The van der Waals surface area contributed by atoms with Crippen molar-refractivity contribution in [3.05, 3.63) is 23.9 Å². The Labute approximate surface area is 117 Å². The van der Waals surface area contributed by atoms with Crippen LogP contribution in [-0.2, 0) is 4.79 Å². The Balaban J connectivity index is 2.18. The molecule has 1 aromatic rings. The van der Waals surface area contributed by atoms with Crippen LogP contribution >= 0.6 is 0 Å². The van der Waals surface area contributed by atoms with Crippen LogP contribution in [0.2, 0.25) is 0 Å². The van der Waals surface area contributed by atoms with Gasteiger partial charge in [-0.3, -0.25) is 9.59 Å². The van der Waals surface area contributed by atoms with Gasteiger partial charge in [-0.1, -0.05) is 12.8 Å². The van der Waals surface area contributed by atoms with Crippen LogP contribution in [0, 0.1) is 0 Å². The minimum absolute atomic E-state index is 0.0542. The van der Waals surface area contributed by atoms with E-state index in [1.807, 2.05) is 0 Å². The molecular formula is C14H18N2O4. The number of hydrogen-bond acceptors (Lipinski definition) is 4. The van der Waals surface area contributed by atoms with Crippen molar-refractivity contribution in [3.8, 4) is 5.88 Å². The highest BCUT2D eigenvalue weighted by molar-refractivity contribution is 5.97. The van der Waals surface area contributed by atoms with E-state index in [0.29, 0.717) is 18.4 Å². The number of ether oxygens (including phenoxy) is 1. The number of hydrogen-bond donors (Lipinski definition) is 2. The molecule has 0 spiro atoms. The maximum Gasteiger partial charge on any atom is 0.305 e. The maximum atomic E-state index is 12.3. The van der Waals surface area contributed by atoms with Gasteiger partial charge in [0, 0.05) is 6.20 Å². The lowest BCUT2D eigenvalue weighted by Crippen LogP contribution is -2.47. The first-order valence-corrected chi connectivity index (χ1v) is 6.60. The highest BCUT2D eigenvalue weighted by Crippen LogP contribution is 2.33. The molecule has 1 heterocycles. The standard InChI is InChI=1S/C14H18N2O4/c1-20-13-10(5-4-8-15-13)12(19)16-14(9-11(17)18)6-2-3-7-14/h4-5,8H,2-3,6-7,9H2,1H3,(H,16,19)(H,17,18). The van der Waals surface area contributed by atoms with Crippen molar-refractivity contribution in [2.45, 2.75) is 37.6 Å². The number of aromatic nitrogens is 1. The van der Waals surface area contributed by atoms with Gasteiger partial charge in [0.05, 0.1) is 19.1 Å². The average Bonchev–Trinajstić information content (AvgIpc) is 2.85. The molecule has 2 rings (SSSR count). The Morgan fingerprint density at radius 2 is 2.15 bits per heavy atom. The highest BCUT2D eigenvalue weighted by atomic mass is 16.5. The van der Waals surface area contributed by atoms with Crippen LogP contribution < -0.4 is 10.1 Å². The van der Waals surface area contributed by atoms with Crippen molar-refractivity contribution < 1.29 is 19.4 Å². The average molecular weight is 278 g/mol. The van der Waals surface area contributed by atoms with Gasteiger partial charge in [-0.2, -0.15) is 0 Å². The van der Waals surface area contributed by atoms with Crippen LogP contribution in [-0.4, -0.2) is 34.6 Å². The lowest BCUT2D eigenvalue weighted by atomic mass is 9.92. The normalized spacial score (nSPS) is 16.6. The molecule has 0 aromatic carbocycles. The van der Waals surface area contributed by atoms with Crippen LogP contribution in [0.15, 0.2) is 18.3 Å². The third-order valence-corrected chi connectivity index (χ3v) is 3.64. The van der Waals surface area contributed by atoms with Crippen LogP contribution in [0.25, 0.3) is 0 Å². The van der Waals surface area contributed by atoms with Gasteiger partial charge < -0.3 is 15.2 Å². The van der Waals surface area contributed by atoms with E-state index in [-0.39, 0.29) is 18.2 Å². The summed E-state index contributed by atoms with van der Waals surface area (Å²) >= 11 is 0. The number of carbonyl (C=O) groups excluding carboxylic acids is 1. The number of nitrogens with zero attached hydrogens (tertiary/aromatic N) is 1. The van der Waals surface area contributed by atoms with Gasteiger partial charge in [0.2, 0.25) is 5.88 Å². The summed E-state index contributed by atoms with van der Waals surface area (Å²) in [7, 11) is 1.45. The zero-order valence-corrected chi connectivity index (χ0v) is 11.4. The number of methoxy groups -OCH3 is 1. The molecule has 1 aliphatic carbocycles. The number of amides is 1. The summed E-state index contributed by atoms with van der Waals surface area (Å²) in [5.41, 5.74) is -0.323. The molecule has 108 valence electrons. The summed E-state index contributed by atoms with van der Waals surface area (Å²) in [6, 6.07) is 3.26. The van der Waals surface area contributed by atoms with Crippen molar-refractivity contribution >= 4 is 11.9 Å². The van der Waals surface area contributed by atoms with Gasteiger partial charge >= 0.3 is 5.97 Å². The molecule has 0 saturated heterocycles. The van der Waals surface area contributed by atoms with Gasteiger partial charge in [-0.15, -0.1) is 0 Å². The molecule has 0 radical (unpaired) electrons. The molecule has 1 aliphatic rings. The first-order chi connectivity index (χ1) is 9.56. The summed E-state index contributed by atoms with van der Waals surface area (Å²) in [5.74, 6) is -0.989. The quantitative estimate of drug-likeness (QED) is 0.854. The van der Waals surface area contributed by atoms with Gasteiger partial charge in [0.25, 0.3) is 5.91 Å². The monoisotopic (exact) mass is 278 g/mol. The largest absolute Gasteiger partial charge is 0.481 e. The summed E-state index contributed by atoms with van der Waals surface area (Å²) in [5, 5.41) is 11.9. The number of rotatable bonds is 5. The fraction of sp³-hybridized carbons (Fsp3) is 0.500. The molecule has 20 heavy (non-hydrogen) atoms. The summed E-state index contributed by atoms with van der Waals surface area (Å²) in [6.45, 7) is 0. The van der Waals surface area contributed by atoms with Crippen LogP contribution in [0.5, 0.6) is 5.88 Å². The Kier molecular flexibility index (Phi) is 4.22. The van der Waals surface area contributed by atoms with E-state index in [0.717, 1.165) is 12.8 Å². The van der Waals surface area contributed by atoms with E-state index in [1.165, 1.54) is 13.3 Å². The molecule has 1 saturated carbocycles. The van der Waals surface area contributed by atoms with Crippen LogP contribution in [0.4, 0.5) is 0 Å². The van der Waals surface area contributed by atoms with E-state index in [1.54, 1.807) is 12.1 Å². The summed E-state index contributed by atoms with van der Waals surface area (Å²) < 4.78 is 5.06. The Bertz CT molecular complexity index is 510. The number of carboxylic acids is 1. The smallest absolute Gasteiger partial charge is 0.305 e. The minimum atomic E-state index is -0.898. The van der Waals surface area contributed by atoms with Gasteiger partial charge in [0.15, 0.2) is 0 Å². The number of aliphatic carboxylic acids is 1. The molecule has 2 N–H and O–H groups in total.